The van der Waals surface area contributed by atoms with Gasteiger partial charge in [0.2, 0.25) is 0 Å². The number of para-hydroxylation sites is 3. The first-order valence-electron chi connectivity index (χ1n) is 24.7. The zero-order chi connectivity index (χ0) is 48.0. The SMILES string of the molecule is c1ccc(-c2ccc3oc4c(-c5nc(-c6cccc(C7(c8ccccc8)c8ccccc8-c8ccccc87)c6)nc(-c6ccc(-c7cccc8c7oc7ccccc78)c7ccccc67)n5)cccc4c3c2)cc1. The monoisotopic (exact) mass is 931 g/mol. The Hall–Kier alpha value is -9.71. The second-order valence-electron chi connectivity index (χ2n) is 18.9. The minimum Gasteiger partial charge on any atom is -0.455 e. The molecule has 5 heteroatoms. The average molecular weight is 932 g/mol. The largest absolute Gasteiger partial charge is 0.455 e. The molecule has 11 aromatic carbocycles. The standard InChI is InChI=1S/C68H41N3O2/c1-3-18-42(19-4-1)43-36-39-62-58(41-43)55-31-17-32-57(64(55)73-62)67-70-65(44-20-15-23-46(40-44)68(45-21-5-2-6-22-45)59-33-12-9-26-50(59)51-27-10-13-34-60(51)68)69-66(71-67)56-38-37-49(47-24-7-8-25-48(47)56)53-29-16-30-54-52-28-11-14-35-61(52)72-63(53)54/h1-41H. The molecule has 0 N–H and O–H groups in total. The molecule has 5 nitrogen and oxygen atoms in total. The van der Waals surface area contributed by atoms with Gasteiger partial charge in [0.25, 0.3) is 0 Å². The molecule has 0 aliphatic heterocycles. The number of nitrogens with zero attached hydrogens (tertiary/aromatic N) is 3. The number of rotatable bonds is 7. The highest BCUT2D eigenvalue weighted by Gasteiger charge is 2.46. The maximum Gasteiger partial charge on any atom is 0.167 e. The van der Waals surface area contributed by atoms with E-state index in [0.717, 1.165) is 99.2 Å². The van der Waals surface area contributed by atoms with E-state index in [1.54, 1.807) is 0 Å². The van der Waals surface area contributed by atoms with Crippen LogP contribution in [0.4, 0.5) is 0 Å². The van der Waals surface area contributed by atoms with Gasteiger partial charge in [-0.1, -0.05) is 212 Å². The molecular formula is C68H41N3O2. The van der Waals surface area contributed by atoms with E-state index >= 15 is 0 Å². The van der Waals surface area contributed by atoms with Crippen LogP contribution < -0.4 is 0 Å². The van der Waals surface area contributed by atoms with Crippen LogP contribution in [0.2, 0.25) is 0 Å². The van der Waals surface area contributed by atoms with E-state index in [4.69, 9.17) is 23.8 Å². The summed E-state index contributed by atoms with van der Waals surface area (Å²) >= 11 is 0. The van der Waals surface area contributed by atoms with Gasteiger partial charge in [-0.25, -0.2) is 15.0 Å². The smallest absolute Gasteiger partial charge is 0.167 e. The van der Waals surface area contributed by atoms with E-state index in [0.29, 0.717) is 17.5 Å². The summed E-state index contributed by atoms with van der Waals surface area (Å²) in [5, 5.41) is 6.29. The topological polar surface area (TPSA) is 65.0 Å². The van der Waals surface area contributed by atoms with Crippen LogP contribution in [-0.2, 0) is 5.41 Å². The van der Waals surface area contributed by atoms with E-state index < -0.39 is 5.41 Å². The Morgan fingerprint density at radius 3 is 1.51 bits per heavy atom. The molecule has 1 aliphatic rings. The minimum atomic E-state index is -0.601. The Morgan fingerprint density at radius 1 is 0.260 bits per heavy atom. The lowest BCUT2D eigenvalue weighted by Crippen LogP contribution is -2.28. The molecule has 14 aromatic rings. The third-order valence-corrected chi connectivity index (χ3v) is 15.1. The first-order chi connectivity index (χ1) is 36.2. The van der Waals surface area contributed by atoms with Gasteiger partial charge in [0, 0.05) is 38.2 Å². The van der Waals surface area contributed by atoms with Gasteiger partial charge in [-0.15, -0.1) is 0 Å². The predicted molar refractivity (Wildman–Crippen MR) is 296 cm³/mol. The van der Waals surface area contributed by atoms with Crippen molar-refractivity contribution in [2.24, 2.45) is 0 Å². The second-order valence-corrected chi connectivity index (χ2v) is 18.9. The zero-order valence-electron chi connectivity index (χ0n) is 39.3. The first kappa shape index (κ1) is 41.1. The van der Waals surface area contributed by atoms with Crippen LogP contribution in [0.1, 0.15) is 22.3 Å². The molecule has 15 rings (SSSR count). The van der Waals surface area contributed by atoms with E-state index in [9.17, 15) is 0 Å². The van der Waals surface area contributed by atoms with Gasteiger partial charge in [0.15, 0.2) is 17.5 Å². The highest BCUT2D eigenvalue weighted by molar-refractivity contribution is 6.14. The summed E-state index contributed by atoms with van der Waals surface area (Å²) in [5.74, 6) is 1.64. The fourth-order valence-electron chi connectivity index (χ4n) is 11.8. The van der Waals surface area contributed by atoms with E-state index in [1.807, 2.05) is 18.2 Å². The minimum absolute atomic E-state index is 0.521. The molecule has 0 saturated carbocycles. The van der Waals surface area contributed by atoms with Gasteiger partial charge < -0.3 is 8.83 Å². The molecular weight excluding hydrogens is 891 g/mol. The van der Waals surface area contributed by atoms with E-state index in [2.05, 4.69) is 231 Å². The molecule has 0 amide bonds. The Bertz CT molecular complexity index is 4470. The van der Waals surface area contributed by atoms with Crippen LogP contribution >= 0.6 is 0 Å². The van der Waals surface area contributed by atoms with Crippen LogP contribution in [-0.4, -0.2) is 15.0 Å². The highest BCUT2D eigenvalue weighted by atomic mass is 16.3. The number of hydrogen-bond acceptors (Lipinski definition) is 5. The van der Waals surface area contributed by atoms with Crippen molar-refractivity contribution in [1.29, 1.82) is 0 Å². The van der Waals surface area contributed by atoms with Crippen LogP contribution in [0.25, 0.3) is 122 Å². The molecule has 73 heavy (non-hydrogen) atoms. The number of hydrogen-bond donors (Lipinski definition) is 0. The van der Waals surface area contributed by atoms with E-state index in [1.165, 1.54) is 27.8 Å². The summed E-state index contributed by atoms with van der Waals surface area (Å²) in [6.07, 6.45) is 0. The summed E-state index contributed by atoms with van der Waals surface area (Å²) in [4.78, 5) is 16.4. The van der Waals surface area contributed by atoms with Gasteiger partial charge in [-0.3, -0.25) is 0 Å². The van der Waals surface area contributed by atoms with Crippen molar-refractivity contribution in [2.75, 3.05) is 0 Å². The summed E-state index contributed by atoms with van der Waals surface area (Å²) in [6, 6.07) is 88.0. The fourth-order valence-corrected chi connectivity index (χ4v) is 11.8. The number of furan rings is 2. The Morgan fingerprint density at radius 2 is 0.753 bits per heavy atom. The van der Waals surface area contributed by atoms with Crippen molar-refractivity contribution in [3.05, 3.63) is 271 Å². The molecule has 3 aromatic heterocycles. The molecule has 0 fully saturated rings. The van der Waals surface area contributed by atoms with Crippen molar-refractivity contribution >= 4 is 54.6 Å². The molecule has 0 atom stereocenters. The Kier molecular flexibility index (Phi) is 9.11. The highest BCUT2D eigenvalue weighted by Crippen LogP contribution is 2.56. The van der Waals surface area contributed by atoms with Crippen molar-refractivity contribution in [3.63, 3.8) is 0 Å². The van der Waals surface area contributed by atoms with Crippen molar-refractivity contribution in [2.45, 2.75) is 5.41 Å². The third kappa shape index (κ3) is 6.25. The fraction of sp³-hybridized carbons (Fsp3) is 0.0147. The number of aromatic nitrogens is 3. The van der Waals surface area contributed by atoms with Crippen molar-refractivity contribution in [1.82, 2.24) is 15.0 Å². The quantitative estimate of drug-likeness (QED) is 0.159. The Labute approximate surface area is 420 Å². The predicted octanol–water partition coefficient (Wildman–Crippen LogP) is 17.5. The molecule has 0 bridgehead atoms. The lowest BCUT2D eigenvalue weighted by Gasteiger charge is -2.34. The zero-order valence-corrected chi connectivity index (χ0v) is 39.3. The molecule has 0 radical (unpaired) electrons. The van der Waals surface area contributed by atoms with Crippen LogP contribution in [0.3, 0.4) is 0 Å². The molecule has 0 saturated heterocycles. The molecule has 0 unspecified atom stereocenters. The van der Waals surface area contributed by atoms with Crippen LogP contribution in [0.5, 0.6) is 0 Å². The van der Waals surface area contributed by atoms with Crippen LogP contribution in [0, 0.1) is 0 Å². The molecule has 340 valence electrons. The summed E-state index contributed by atoms with van der Waals surface area (Å²) in [5.41, 5.74) is 16.8. The van der Waals surface area contributed by atoms with Crippen LogP contribution in [0.15, 0.2) is 258 Å². The maximum atomic E-state index is 6.82. The summed E-state index contributed by atoms with van der Waals surface area (Å²) in [6.45, 7) is 0. The Balaban J connectivity index is 0.963. The van der Waals surface area contributed by atoms with Gasteiger partial charge >= 0.3 is 0 Å². The molecule has 3 heterocycles. The lowest BCUT2D eigenvalue weighted by molar-refractivity contribution is 0.669. The maximum absolute atomic E-state index is 6.82. The molecule has 0 spiro atoms. The summed E-state index contributed by atoms with van der Waals surface area (Å²) < 4.78 is 13.4. The van der Waals surface area contributed by atoms with Crippen molar-refractivity contribution < 1.29 is 8.83 Å². The van der Waals surface area contributed by atoms with E-state index in [-0.39, 0.29) is 0 Å². The second kappa shape index (κ2) is 16.2. The number of benzene rings is 11. The third-order valence-electron chi connectivity index (χ3n) is 15.1. The average Bonchev–Trinajstić information content (AvgIpc) is 4.14. The first-order valence-corrected chi connectivity index (χ1v) is 24.7. The van der Waals surface area contributed by atoms with Gasteiger partial charge in [0.1, 0.15) is 22.3 Å². The normalized spacial score (nSPS) is 12.8. The summed E-state index contributed by atoms with van der Waals surface area (Å²) in [7, 11) is 0. The van der Waals surface area contributed by atoms with Gasteiger partial charge in [-0.2, -0.15) is 0 Å². The van der Waals surface area contributed by atoms with Crippen molar-refractivity contribution in [3.8, 4) is 67.5 Å². The van der Waals surface area contributed by atoms with Gasteiger partial charge in [0.05, 0.1) is 11.0 Å². The lowest BCUT2D eigenvalue weighted by atomic mass is 9.67. The molecule has 1 aliphatic carbocycles. The number of fused-ring (bicyclic) bond motifs is 10. The van der Waals surface area contributed by atoms with Gasteiger partial charge in [-0.05, 0) is 97.2 Å².